The van der Waals surface area contributed by atoms with Crippen molar-refractivity contribution in [2.45, 2.75) is 19.3 Å². The largest absolute Gasteiger partial charge is 0.481 e. The van der Waals surface area contributed by atoms with Gasteiger partial charge in [-0.05, 0) is 31.0 Å². The molecule has 0 amide bonds. The second-order valence-corrected chi connectivity index (χ2v) is 5.51. The molecule has 0 heterocycles. The van der Waals surface area contributed by atoms with E-state index in [0.29, 0.717) is 30.6 Å². The van der Waals surface area contributed by atoms with Crippen LogP contribution in [0.25, 0.3) is 0 Å². The zero-order valence-corrected chi connectivity index (χ0v) is 11.3. The maximum atomic E-state index is 11.2. The van der Waals surface area contributed by atoms with E-state index < -0.39 is 11.4 Å². The van der Waals surface area contributed by atoms with Gasteiger partial charge in [0.15, 0.2) is 0 Å². The van der Waals surface area contributed by atoms with Gasteiger partial charge in [0.05, 0.1) is 16.7 Å². The second-order valence-electron chi connectivity index (χ2n) is 4.59. The minimum atomic E-state index is -0.755. The lowest BCUT2D eigenvalue weighted by Crippen LogP contribution is -2.43. The molecule has 1 aliphatic carbocycles. The third-order valence-corrected chi connectivity index (χ3v) is 3.98. The number of halogens is 1. The van der Waals surface area contributed by atoms with Gasteiger partial charge >= 0.3 is 5.97 Å². The zero-order chi connectivity index (χ0) is 13.2. The number of nitriles is 1. The highest BCUT2D eigenvalue weighted by atomic mass is 79.9. The van der Waals surface area contributed by atoms with Crippen molar-refractivity contribution in [3.8, 4) is 6.07 Å². The van der Waals surface area contributed by atoms with E-state index in [9.17, 15) is 9.90 Å². The number of carboxylic acids is 1. The van der Waals surface area contributed by atoms with Gasteiger partial charge in [0.25, 0.3) is 0 Å². The van der Waals surface area contributed by atoms with Crippen LogP contribution >= 0.6 is 15.9 Å². The molecule has 1 aromatic carbocycles. The number of carboxylic acid groups (broad SMARTS) is 1. The Bertz CT molecular complexity index is 518. The molecule has 0 spiro atoms. The SMILES string of the molecule is N#Cc1ccc(Br)cc1NCC1(C(=O)O)CCC1. The van der Waals surface area contributed by atoms with Crippen molar-refractivity contribution < 1.29 is 9.90 Å². The predicted octanol–water partition coefficient (Wildman–Crippen LogP) is 2.99. The van der Waals surface area contributed by atoms with Crippen LogP contribution in [0, 0.1) is 16.7 Å². The number of hydrogen-bond donors (Lipinski definition) is 2. The Morgan fingerprint density at radius 2 is 2.28 bits per heavy atom. The van der Waals surface area contributed by atoms with E-state index in [0.717, 1.165) is 10.9 Å². The molecule has 0 saturated heterocycles. The lowest BCUT2D eigenvalue weighted by atomic mass is 9.69. The Hall–Kier alpha value is -1.54. The third-order valence-electron chi connectivity index (χ3n) is 3.48. The molecule has 94 valence electrons. The fraction of sp³-hybridized carbons (Fsp3) is 0.385. The van der Waals surface area contributed by atoms with Crippen LogP contribution in [-0.2, 0) is 4.79 Å². The lowest BCUT2D eigenvalue weighted by Gasteiger charge is -2.38. The van der Waals surface area contributed by atoms with Gasteiger partial charge < -0.3 is 10.4 Å². The smallest absolute Gasteiger partial charge is 0.311 e. The monoisotopic (exact) mass is 308 g/mol. The Kier molecular flexibility index (Phi) is 3.58. The van der Waals surface area contributed by atoms with Gasteiger partial charge in [-0.15, -0.1) is 0 Å². The Morgan fingerprint density at radius 3 is 2.78 bits per heavy atom. The first kappa shape index (κ1) is 12.9. The van der Waals surface area contributed by atoms with Crippen molar-refractivity contribution >= 4 is 27.6 Å². The van der Waals surface area contributed by atoms with Crippen LogP contribution in [0.4, 0.5) is 5.69 Å². The molecule has 1 aliphatic rings. The van der Waals surface area contributed by atoms with Crippen LogP contribution in [0.5, 0.6) is 0 Å². The molecule has 2 rings (SSSR count). The molecular weight excluding hydrogens is 296 g/mol. The van der Waals surface area contributed by atoms with Crippen molar-refractivity contribution in [1.29, 1.82) is 5.26 Å². The number of hydrogen-bond acceptors (Lipinski definition) is 3. The number of benzene rings is 1. The fourth-order valence-electron chi connectivity index (χ4n) is 2.09. The van der Waals surface area contributed by atoms with Gasteiger partial charge in [0.1, 0.15) is 6.07 Å². The average molecular weight is 309 g/mol. The first-order chi connectivity index (χ1) is 8.57. The highest BCUT2D eigenvalue weighted by Gasteiger charge is 2.44. The highest BCUT2D eigenvalue weighted by molar-refractivity contribution is 9.10. The molecule has 18 heavy (non-hydrogen) atoms. The van der Waals surface area contributed by atoms with E-state index in [2.05, 4.69) is 27.3 Å². The van der Waals surface area contributed by atoms with Gasteiger partial charge in [-0.25, -0.2) is 0 Å². The molecule has 0 unspecified atom stereocenters. The summed E-state index contributed by atoms with van der Waals surface area (Å²) in [6, 6.07) is 7.39. The molecule has 1 fully saturated rings. The van der Waals surface area contributed by atoms with E-state index in [-0.39, 0.29) is 0 Å². The second kappa shape index (κ2) is 4.99. The third kappa shape index (κ3) is 2.34. The summed E-state index contributed by atoms with van der Waals surface area (Å²) in [4.78, 5) is 11.2. The fourth-order valence-corrected chi connectivity index (χ4v) is 2.46. The molecule has 0 bridgehead atoms. The summed E-state index contributed by atoms with van der Waals surface area (Å²) >= 11 is 3.34. The highest BCUT2D eigenvalue weighted by Crippen LogP contribution is 2.41. The van der Waals surface area contributed by atoms with Gasteiger partial charge in [0.2, 0.25) is 0 Å². The molecule has 1 saturated carbocycles. The minimum Gasteiger partial charge on any atom is -0.481 e. The molecule has 0 atom stereocenters. The maximum absolute atomic E-state index is 11.2. The van der Waals surface area contributed by atoms with Gasteiger partial charge in [0, 0.05) is 11.0 Å². The van der Waals surface area contributed by atoms with E-state index in [1.165, 1.54) is 0 Å². The summed E-state index contributed by atoms with van der Waals surface area (Å²) in [5.74, 6) is -0.755. The van der Waals surface area contributed by atoms with Crippen LogP contribution in [0.1, 0.15) is 24.8 Å². The summed E-state index contributed by atoms with van der Waals surface area (Å²) in [7, 11) is 0. The molecular formula is C13H13BrN2O2. The van der Waals surface area contributed by atoms with Crippen molar-refractivity contribution in [2.24, 2.45) is 5.41 Å². The average Bonchev–Trinajstić information content (AvgIpc) is 2.27. The molecule has 0 aliphatic heterocycles. The normalized spacial score (nSPS) is 16.4. The maximum Gasteiger partial charge on any atom is 0.311 e. The van der Waals surface area contributed by atoms with Crippen molar-refractivity contribution in [1.82, 2.24) is 0 Å². The van der Waals surface area contributed by atoms with Crippen LogP contribution < -0.4 is 5.32 Å². The predicted molar refractivity (Wildman–Crippen MR) is 71.3 cm³/mol. The summed E-state index contributed by atoms with van der Waals surface area (Å²) in [5.41, 5.74) is 0.548. The summed E-state index contributed by atoms with van der Waals surface area (Å²) in [6.45, 7) is 0.369. The molecule has 5 heteroatoms. The zero-order valence-electron chi connectivity index (χ0n) is 9.74. The van der Waals surface area contributed by atoms with Crippen molar-refractivity contribution in [2.75, 3.05) is 11.9 Å². The van der Waals surface area contributed by atoms with Crippen LogP contribution in [0.2, 0.25) is 0 Å². The van der Waals surface area contributed by atoms with E-state index in [1.807, 2.05) is 0 Å². The summed E-state index contributed by atoms with van der Waals surface area (Å²) in [6.07, 6.45) is 2.36. The molecule has 4 nitrogen and oxygen atoms in total. The molecule has 0 radical (unpaired) electrons. The van der Waals surface area contributed by atoms with Crippen molar-refractivity contribution in [3.05, 3.63) is 28.2 Å². The topological polar surface area (TPSA) is 73.1 Å². The van der Waals surface area contributed by atoms with Crippen LogP contribution in [0.3, 0.4) is 0 Å². The van der Waals surface area contributed by atoms with E-state index in [1.54, 1.807) is 18.2 Å². The quantitative estimate of drug-likeness (QED) is 0.897. The Morgan fingerprint density at radius 1 is 1.56 bits per heavy atom. The van der Waals surface area contributed by atoms with E-state index in [4.69, 9.17) is 5.26 Å². The first-order valence-electron chi connectivity index (χ1n) is 5.74. The van der Waals surface area contributed by atoms with Crippen LogP contribution in [-0.4, -0.2) is 17.6 Å². The summed E-state index contributed by atoms with van der Waals surface area (Å²) in [5, 5.41) is 21.3. The van der Waals surface area contributed by atoms with E-state index >= 15 is 0 Å². The standard InChI is InChI=1S/C13H13BrN2O2/c14-10-3-2-9(7-15)11(6-10)16-8-13(12(17)18)4-1-5-13/h2-3,6,16H,1,4-5,8H2,(H,17,18). The number of carbonyl (C=O) groups is 1. The number of anilines is 1. The first-order valence-corrected chi connectivity index (χ1v) is 6.54. The molecule has 0 aromatic heterocycles. The lowest BCUT2D eigenvalue weighted by molar-refractivity contribution is -0.153. The molecule has 2 N–H and O–H groups in total. The molecule has 1 aromatic rings. The van der Waals surface area contributed by atoms with Crippen molar-refractivity contribution in [3.63, 3.8) is 0 Å². The van der Waals surface area contributed by atoms with Gasteiger partial charge in [-0.2, -0.15) is 5.26 Å². The minimum absolute atomic E-state index is 0.369. The van der Waals surface area contributed by atoms with Gasteiger partial charge in [-0.1, -0.05) is 22.4 Å². The van der Waals surface area contributed by atoms with Gasteiger partial charge in [-0.3, -0.25) is 4.79 Å². The Labute approximate surface area is 114 Å². The number of rotatable bonds is 4. The Balaban J connectivity index is 2.13. The van der Waals surface area contributed by atoms with Crippen LogP contribution in [0.15, 0.2) is 22.7 Å². The summed E-state index contributed by atoms with van der Waals surface area (Å²) < 4.78 is 0.863. The number of nitrogens with one attached hydrogen (secondary N) is 1. The number of nitrogens with zero attached hydrogens (tertiary/aromatic N) is 1. The number of aliphatic carboxylic acids is 1.